The van der Waals surface area contributed by atoms with Crippen molar-refractivity contribution >= 4 is 27.6 Å². The average Bonchev–Trinajstić information content (AvgIpc) is 2.32. The number of nitrogens with zero attached hydrogens (tertiary/aromatic N) is 4. The third-order valence-corrected chi connectivity index (χ3v) is 4.04. The second-order valence-electron chi connectivity index (χ2n) is 4.57. The Kier molecular flexibility index (Phi) is 3.83. The van der Waals surface area contributed by atoms with Crippen LogP contribution in [0.2, 0.25) is 0 Å². The van der Waals surface area contributed by atoms with Crippen molar-refractivity contribution in [1.29, 1.82) is 0 Å². The van der Waals surface area contributed by atoms with Crippen molar-refractivity contribution in [2.45, 2.75) is 18.9 Å². The number of anilines is 2. The molecule has 1 aliphatic heterocycles. The van der Waals surface area contributed by atoms with Crippen LogP contribution in [0.4, 0.5) is 11.6 Å². The molecule has 0 aromatic carbocycles. The molecular weight excluding hydrogens is 282 g/mol. The summed E-state index contributed by atoms with van der Waals surface area (Å²) < 4.78 is 0.788. The zero-order valence-electron chi connectivity index (χ0n) is 10.2. The number of piperidine rings is 1. The first-order chi connectivity index (χ1) is 8.09. The maximum Gasteiger partial charge on any atom is 0.148 e. The SMILES string of the molecule is CN1CCCC(N(C)c2ncnc(N)c2Br)C1. The van der Waals surface area contributed by atoms with Gasteiger partial charge in [-0.2, -0.15) is 0 Å². The summed E-state index contributed by atoms with van der Waals surface area (Å²) >= 11 is 3.46. The lowest BCUT2D eigenvalue weighted by Gasteiger charge is -2.36. The standard InChI is InChI=1S/C11H18BrN5/c1-16-5-3-4-8(6-16)17(2)11-9(12)10(13)14-7-15-11/h7-8H,3-6H2,1-2H3,(H2,13,14,15). The van der Waals surface area contributed by atoms with Crippen LogP contribution < -0.4 is 10.6 Å². The lowest BCUT2D eigenvalue weighted by atomic mass is 10.1. The molecule has 2 N–H and O–H groups in total. The summed E-state index contributed by atoms with van der Waals surface area (Å²) in [4.78, 5) is 12.8. The van der Waals surface area contributed by atoms with Crippen LogP contribution in [0.25, 0.3) is 0 Å². The van der Waals surface area contributed by atoms with Crippen LogP contribution >= 0.6 is 15.9 Å². The van der Waals surface area contributed by atoms with Gasteiger partial charge >= 0.3 is 0 Å². The summed E-state index contributed by atoms with van der Waals surface area (Å²) in [6.07, 6.45) is 3.93. The fraction of sp³-hybridized carbons (Fsp3) is 0.636. The molecule has 1 fully saturated rings. The molecule has 0 aliphatic carbocycles. The van der Waals surface area contributed by atoms with Gasteiger partial charge in [-0.15, -0.1) is 0 Å². The van der Waals surface area contributed by atoms with Crippen molar-refractivity contribution in [2.75, 3.05) is 37.8 Å². The zero-order chi connectivity index (χ0) is 12.4. The van der Waals surface area contributed by atoms with Gasteiger partial charge in [-0.3, -0.25) is 0 Å². The number of hydrogen-bond donors (Lipinski definition) is 1. The molecule has 1 aromatic heterocycles. The summed E-state index contributed by atoms with van der Waals surface area (Å²) in [5.74, 6) is 1.36. The van der Waals surface area contributed by atoms with E-state index in [0.717, 1.165) is 16.8 Å². The van der Waals surface area contributed by atoms with Gasteiger partial charge < -0.3 is 15.5 Å². The molecule has 0 bridgehead atoms. The molecule has 1 aliphatic rings. The Balaban J connectivity index is 2.18. The number of aromatic nitrogens is 2. The van der Waals surface area contributed by atoms with Gasteiger partial charge in [0.1, 0.15) is 22.4 Å². The van der Waals surface area contributed by atoms with E-state index in [2.05, 4.69) is 49.8 Å². The monoisotopic (exact) mass is 299 g/mol. The van der Waals surface area contributed by atoms with E-state index in [1.165, 1.54) is 25.7 Å². The Morgan fingerprint density at radius 1 is 1.53 bits per heavy atom. The van der Waals surface area contributed by atoms with Gasteiger partial charge in [-0.25, -0.2) is 9.97 Å². The Bertz CT molecular complexity index is 397. The van der Waals surface area contributed by atoms with E-state index < -0.39 is 0 Å². The van der Waals surface area contributed by atoms with Crippen molar-refractivity contribution in [3.63, 3.8) is 0 Å². The van der Waals surface area contributed by atoms with E-state index in [9.17, 15) is 0 Å². The van der Waals surface area contributed by atoms with Crippen LogP contribution in [0.5, 0.6) is 0 Å². The fourth-order valence-corrected chi connectivity index (χ4v) is 2.73. The highest BCUT2D eigenvalue weighted by Crippen LogP contribution is 2.29. The Morgan fingerprint density at radius 3 is 3.00 bits per heavy atom. The lowest BCUT2D eigenvalue weighted by Crippen LogP contribution is -2.45. The Labute approximate surface area is 110 Å². The van der Waals surface area contributed by atoms with E-state index in [4.69, 9.17) is 5.73 Å². The molecule has 0 saturated carbocycles. The maximum atomic E-state index is 5.78. The quantitative estimate of drug-likeness (QED) is 0.893. The average molecular weight is 300 g/mol. The van der Waals surface area contributed by atoms with Gasteiger partial charge in [0.05, 0.1) is 0 Å². The molecule has 1 saturated heterocycles. The molecule has 5 nitrogen and oxygen atoms in total. The van der Waals surface area contributed by atoms with Crippen LogP contribution in [0, 0.1) is 0 Å². The molecule has 0 spiro atoms. The van der Waals surface area contributed by atoms with Crippen LogP contribution in [-0.4, -0.2) is 48.1 Å². The minimum Gasteiger partial charge on any atom is -0.383 e. The summed E-state index contributed by atoms with van der Waals surface area (Å²) in [6, 6.07) is 0.486. The molecule has 2 rings (SSSR count). The third-order valence-electron chi connectivity index (χ3n) is 3.28. The van der Waals surface area contributed by atoms with E-state index in [0.29, 0.717) is 11.9 Å². The number of rotatable bonds is 2. The maximum absolute atomic E-state index is 5.78. The number of nitrogen functional groups attached to an aromatic ring is 1. The first-order valence-electron chi connectivity index (χ1n) is 5.77. The van der Waals surface area contributed by atoms with E-state index in [1.54, 1.807) is 0 Å². The predicted molar refractivity (Wildman–Crippen MR) is 73.1 cm³/mol. The first-order valence-corrected chi connectivity index (χ1v) is 6.56. The van der Waals surface area contributed by atoms with Crippen molar-refractivity contribution in [3.05, 3.63) is 10.8 Å². The van der Waals surface area contributed by atoms with Crippen molar-refractivity contribution in [2.24, 2.45) is 0 Å². The van der Waals surface area contributed by atoms with Crippen LogP contribution in [-0.2, 0) is 0 Å². The summed E-state index contributed by atoms with van der Waals surface area (Å²) in [6.45, 7) is 2.24. The summed E-state index contributed by atoms with van der Waals surface area (Å²) in [7, 11) is 4.22. The van der Waals surface area contributed by atoms with E-state index >= 15 is 0 Å². The third kappa shape index (κ3) is 2.69. The minimum absolute atomic E-state index is 0.486. The van der Waals surface area contributed by atoms with Crippen LogP contribution in [0.3, 0.4) is 0 Å². The highest BCUT2D eigenvalue weighted by molar-refractivity contribution is 9.10. The number of hydrogen-bond acceptors (Lipinski definition) is 5. The van der Waals surface area contributed by atoms with Gasteiger partial charge in [0.25, 0.3) is 0 Å². The van der Waals surface area contributed by atoms with Crippen molar-refractivity contribution < 1.29 is 0 Å². The number of halogens is 1. The molecular formula is C11H18BrN5. The van der Waals surface area contributed by atoms with Gasteiger partial charge in [0.15, 0.2) is 0 Å². The topological polar surface area (TPSA) is 58.3 Å². The molecule has 2 heterocycles. The first kappa shape index (κ1) is 12.6. The van der Waals surface area contributed by atoms with Crippen molar-refractivity contribution in [3.8, 4) is 0 Å². The molecule has 6 heteroatoms. The normalized spacial score (nSPS) is 21.5. The van der Waals surface area contributed by atoms with Gasteiger partial charge in [0.2, 0.25) is 0 Å². The minimum atomic E-state index is 0.486. The predicted octanol–water partition coefficient (Wildman–Crippen LogP) is 1.35. The zero-order valence-corrected chi connectivity index (χ0v) is 11.8. The Morgan fingerprint density at radius 2 is 2.29 bits per heavy atom. The highest BCUT2D eigenvalue weighted by Gasteiger charge is 2.23. The Hall–Kier alpha value is -0.880. The molecule has 1 aromatic rings. The van der Waals surface area contributed by atoms with E-state index in [-0.39, 0.29) is 0 Å². The largest absolute Gasteiger partial charge is 0.383 e. The molecule has 1 unspecified atom stereocenters. The summed E-state index contributed by atoms with van der Waals surface area (Å²) in [5, 5.41) is 0. The second-order valence-corrected chi connectivity index (χ2v) is 5.36. The van der Waals surface area contributed by atoms with Gasteiger partial charge in [-0.1, -0.05) is 0 Å². The molecule has 1 atom stereocenters. The molecule has 0 radical (unpaired) electrons. The highest BCUT2D eigenvalue weighted by atomic mass is 79.9. The molecule has 94 valence electrons. The van der Waals surface area contributed by atoms with Gasteiger partial charge in [-0.05, 0) is 42.4 Å². The second kappa shape index (κ2) is 5.18. The molecule has 0 amide bonds. The molecule has 17 heavy (non-hydrogen) atoms. The number of likely N-dealkylation sites (N-methyl/N-ethyl adjacent to an activating group) is 2. The number of nitrogens with two attached hydrogens (primary N) is 1. The fourth-order valence-electron chi connectivity index (χ4n) is 2.25. The van der Waals surface area contributed by atoms with E-state index in [1.807, 2.05) is 0 Å². The number of likely N-dealkylation sites (tertiary alicyclic amines) is 1. The van der Waals surface area contributed by atoms with Crippen molar-refractivity contribution in [1.82, 2.24) is 14.9 Å². The summed E-state index contributed by atoms with van der Waals surface area (Å²) in [5.41, 5.74) is 5.78. The lowest BCUT2D eigenvalue weighted by molar-refractivity contribution is 0.247. The van der Waals surface area contributed by atoms with Crippen LogP contribution in [0.15, 0.2) is 10.8 Å². The van der Waals surface area contributed by atoms with Crippen LogP contribution in [0.1, 0.15) is 12.8 Å². The smallest absolute Gasteiger partial charge is 0.148 e. The van der Waals surface area contributed by atoms with Gasteiger partial charge in [0, 0.05) is 19.6 Å².